The van der Waals surface area contributed by atoms with Gasteiger partial charge in [0.1, 0.15) is 18.1 Å². The van der Waals surface area contributed by atoms with Crippen LogP contribution in [0.5, 0.6) is 5.75 Å². The van der Waals surface area contributed by atoms with Crippen molar-refractivity contribution < 1.29 is 19.4 Å². The summed E-state index contributed by atoms with van der Waals surface area (Å²) in [4.78, 5) is 30.5. The normalized spacial score (nSPS) is 13.3. The SMILES string of the molecule is O=C(CNCCOC(=O)N(c1ccccc1-c1ccccc1)N1CCCCC1)c1ccc(CNCCc2ccc(O)cc2)cn1. The van der Waals surface area contributed by atoms with Crippen molar-refractivity contribution in [2.45, 2.75) is 32.2 Å². The maximum absolute atomic E-state index is 13.5. The van der Waals surface area contributed by atoms with Gasteiger partial charge in [-0.3, -0.25) is 9.78 Å². The van der Waals surface area contributed by atoms with Crippen LogP contribution in [0.15, 0.2) is 97.2 Å². The van der Waals surface area contributed by atoms with Crippen LogP contribution in [-0.2, 0) is 17.7 Å². The molecular formula is C36H41N5O4. The molecule has 3 N–H and O–H groups in total. The minimum atomic E-state index is -0.428. The number of phenols is 1. The molecule has 0 bridgehead atoms. The average Bonchev–Trinajstić information content (AvgIpc) is 3.09. The molecular weight excluding hydrogens is 566 g/mol. The number of phenolic OH excluding ortho intramolecular Hbond substituents is 1. The highest BCUT2D eigenvalue weighted by Crippen LogP contribution is 2.33. The number of benzene rings is 3. The van der Waals surface area contributed by atoms with Gasteiger partial charge in [-0.1, -0.05) is 73.2 Å². The van der Waals surface area contributed by atoms with Crippen molar-refractivity contribution in [3.63, 3.8) is 0 Å². The number of hydrogen-bond donors (Lipinski definition) is 3. The number of para-hydroxylation sites is 1. The fourth-order valence-corrected chi connectivity index (χ4v) is 5.35. The number of nitrogens with one attached hydrogen (secondary N) is 2. The molecule has 5 rings (SSSR count). The van der Waals surface area contributed by atoms with Crippen molar-refractivity contribution in [3.8, 4) is 16.9 Å². The Bertz CT molecular complexity index is 1510. The van der Waals surface area contributed by atoms with Gasteiger partial charge in [0.15, 0.2) is 5.78 Å². The standard InChI is InChI=1S/C36H41N5O4/c42-31-16-13-28(14-17-31)19-20-37-25-29-15-18-33(39-26-29)35(43)27-38-21-24-45-36(44)41(40-22-7-2-8-23-40)34-12-6-5-11-32(34)30-9-3-1-4-10-30/h1,3-6,9-18,26,37-38,42H,2,7-8,19-25,27H2. The van der Waals surface area contributed by atoms with Gasteiger partial charge in [-0.2, -0.15) is 0 Å². The van der Waals surface area contributed by atoms with Crippen LogP contribution >= 0.6 is 0 Å². The van der Waals surface area contributed by atoms with Crippen LogP contribution in [-0.4, -0.2) is 66.3 Å². The number of piperidine rings is 1. The second-order valence-electron chi connectivity index (χ2n) is 11.1. The molecule has 4 aromatic rings. The number of pyridine rings is 1. The predicted molar refractivity (Wildman–Crippen MR) is 176 cm³/mol. The van der Waals surface area contributed by atoms with Gasteiger partial charge >= 0.3 is 6.09 Å². The van der Waals surface area contributed by atoms with Gasteiger partial charge in [0.05, 0.1) is 12.2 Å². The molecule has 0 atom stereocenters. The van der Waals surface area contributed by atoms with Crippen LogP contribution in [0.3, 0.4) is 0 Å². The van der Waals surface area contributed by atoms with Crippen molar-refractivity contribution in [2.75, 3.05) is 44.3 Å². The number of nitrogens with zero attached hydrogens (tertiary/aromatic N) is 3. The highest BCUT2D eigenvalue weighted by Gasteiger charge is 2.28. The van der Waals surface area contributed by atoms with E-state index in [2.05, 4.69) is 20.6 Å². The number of carbonyl (C=O) groups excluding carboxylic acids is 2. The van der Waals surface area contributed by atoms with Gasteiger partial charge in [0.25, 0.3) is 0 Å². The molecule has 0 radical (unpaired) electrons. The Morgan fingerprint density at radius 2 is 1.56 bits per heavy atom. The zero-order valence-electron chi connectivity index (χ0n) is 25.5. The topological polar surface area (TPSA) is 107 Å². The highest BCUT2D eigenvalue weighted by molar-refractivity contribution is 5.96. The van der Waals surface area contributed by atoms with Crippen molar-refractivity contribution in [1.82, 2.24) is 20.6 Å². The molecule has 0 unspecified atom stereocenters. The third-order valence-corrected chi connectivity index (χ3v) is 7.76. The van der Waals surface area contributed by atoms with Crippen molar-refractivity contribution in [3.05, 3.63) is 114 Å². The number of amides is 1. The van der Waals surface area contributed by atoms with E-state index in [1.54, 1.807) is 29.4 Å². The molecule has 1 saturated heterocycles. The number of ketones is 1. The van der Waals surface area contributed by atoms with Crippen LogP contribution in [0.1, 0.15) is 40.9 Å². The van der Waals surface area contributed by atoms with Crippen LogP contribution in [0.2, 0.25) is 0 Å². The summed E-state index contributed by atoms with van der Waals surface area (Å²) >= 11 is 0. The average molecular weight is 608 g/mol. The molecule has 1 aromatic heterocycles. The van der Waals surface area contributed by atoms with Gasteiger partial charge in [0, 0.05) is 37.9 Å². The first-order chi connectivity index (χ1) is 22.1. The molecule has 1 fully saturated rings. The van der Waals surface area contributed by atoms with E-state index in [9.17, 15) is 14.7 Å². The summed E-state index contributed by atoms with van der Waals surface area (Å²) in [6, 6.07) is 28.8. The summed E-state index contributed by atoms with van der Waals surface area (Å²) in [5.74, 6) is 0.141. The first-order valence-electron chi connectivity index (χ1n) is 15.6. The number of carbonyl (C=O) groups is 2. The van der Waals surface area contributed by atoms with Crippen LogP contribution in [0.25, 0.3) is 11.1 Å². The number of rotatable bonds is 14. The lowest BCUT2D eigenvalue weighted by atomic mass is 10.0. The van der Waals surface area contributed by atoms with E-state index in [-0.39, 0.29) is 24.7 Å². The summed E-state index contributed by atoms with van der Waals surface area (Å²) in [6.07, 6.45) is 5.32. The van der Waals surface area contributed by atoms with Gasteiger partial charge in [-0.05, 0) is 66.8 Å². The van der Waals surface area contributed by atoms with Gasteiger partial charge in [-0.15, -0.1) is 0 Å². The molecule has 0 saturated carbocycles. The molecule has 9 nitrogen and oxygen atoms in total. The maximum Gasteiger partial charge on any atom is 0.429 e. The van der Waals surface area contributed by atoms with E-state index in [1.807, 2.05) is 72.8 Å². The Morgan fingerprint density at radius 3 is 2.31 bits per heavy atom. The largest absolute Gasteiger partial charge is 0.508 e. The lowest BCUT2D eigenvalue weighted by Gasteiger charge is -2.37. The van der Waals surface area contributed by atoms with Crippen molar-refractivity contribution >= 4 is 17.6 Å². The van der Waals surface area contributed by atoms with E-state index in [0.717, 1.165) is 73.3 Å². The second kappa shape index (κ2) is 16.5. The van der Waals surface area contributed by atoms with E-state index < -0.39 is 6.09 Å². The third-order valence-electron chi connectivity index (χ3n) is 7.76. The fourth-order valence-electron chi connectivity index (χ4n) is 5.35. The van der Waals surface area contributed by atoms with Crippen LogP contribution in [0, 0.1) is 0 Å². The summed E-state index contributed by atoms with van der Waals surface area (Å²) < 4.78 is 5.72. The first kappa shape index (κ1) is 31.8. The number of hydrazine groups is 1. The van der Waals surface area contributed by atoms with Gasteiger partial charge in [-0.25, -0.2) is 14.8 Å². The molecule has 9 heteroatoms. The van der Waals surface area contributed by atoms with E-state index in [4.69, 9.17) is 4.74 Å². The smallest absolute Gasteiger partial charge is 0.429 e. The molecule has 1 aliphatic heterocycles. The number of aromatic hydroxyl groups is 1. The Kier molecular flexibility index (Phi) is 11.7. The first-order valence-corrected chi connectivity index (χ1v) is 15.6. The maximum atomic E-state index is 13.5. The summed E-state index contributed by atoms with van der Waals surface area (Å²) in [6.45, 7) is 3.57. The fraction of sp³-hybridized carbons (Fsp3) is 0.306. The van der Waals surface area contributed by atoms with E-state index in [0.29, 0.717) is 18.8 Å². The van der Waals surface area contributed by atoms with Crippen molar-refractivity contribution in [1.29, 1.82) is 0 Å². The summed E-state index contributed by atoms with van der Waals surface area (Å²) in [5.41, 5.74) is 5.32. The lowest BCUT2D eigenvalue weighted by molar-refractivity contribution is 0.0981. The quantitative estimate of drug-likeness (QED) is 0.126. The number of Topliss-reactive ketones (excluding diaryl/α,β-unsaturated/α-hetero) is 1. The number of aromatic nitrogens is 1. The van der Waals surface area contributed by atoms with Gasteiger partial charge in [0.2, 0.25) is 0 Å². The van der Waals surface area contributed by atoms with Crippen LogP contribution in [0.4, 0.5) is 10.5 Å². The highest BCUT2D eigenvalue weighted by atomic mass is 16.6. The summed E-state index contributed by atoms with van der Waals surface area (Å²) in [5, 5.41) is 19.6. The Labute approximate surface area is 264 Å². The van der Waals surface area contributed by atoms with E-state index >= 15 is 0 Å². The molecule has 45 heavy (non-hydrogen) atoms. The zero-order valence-corrected chi connectivity index (χ0v) is 25.5. The Balaban J connectivity index is 1.08. The second-order valence-corrected chi connectivity index (χ2v) is 11.1. The molecule has 2 heterocycles. The molecule has 0 spiro atoms. The van der Waals surface area contributed by atoms with Crippen molar-refractivity contribution in [2.24, 2.45) is 0 Å². The number of hydrogen-bond acceptors (Lipinski definition) is 8. The van der Waals surface area contributed by atoms with Gasteiger partial charge < -0.3 is 20.5 Å². The molecule has 0 aliphatic carbocycles. The zero-order chi connectivity index (χ0) is 31.3. The molecule has 234 valence electrons. The Hall–Kier alpha value is -4.57. The predicted octanol–water partition coefficient (Wildman–Crippen LogP) is 5.60. The minimum absolute atomic E-state index is 0.0987. The molecule has 3 aromatic carbocycles. The minimum Gasteiger partial charge on any atom is -0.508 e. The third kappa shape index (κ3) is 9.21. The molecule has 1 aliphatic rings. The monoisotopic (exact) mass is 607 g/mol. The molecule has 1 amide bonds. The Morgan fingerprint density at radius 1 is 0.822 bits per heavy atom. The lowest BCUT2D eigenvalue weighted by Crippen LogP contribution is -2.50. The number of ether oxygens (including phenoxy) is 1. The van der Waals surface area contributed by atoms with E-state index in [1.165, 1.54) is 0 Å². The summed E-state index contributed by atoms with van der Waals surface area (Å²) in [7, 11) is 0. The number of anilines is 1. The van der Waals surface area contributed by atoms with Crippen LogP contribution < -0.4 is 15.6 Å².